The molecule has 0 aliphatic heterocycles. The summed E-state index contributed by atoms with van der Waals surface area (Å²) in [6.07, 6.45) is -3.48. The van der Waals surface area contributed by atoms with Gasteiger partial charge in [-0.25, -0.2) is 13.8 Å². The summed E-state index contributed by atoms with van der Waals surface area (Å²) in [5.74, 6) is -0.272. The van der Waals surface area contributed by atoms with Crippen molar-refractivity contribution in [2.45, 2.75) is 12.8 Å². The van der Waals surface area contributed by atoms with E-state index in [-0.39, 0.29) is 11.5 Å². The maximum Gasteiger partial charge on any atom is 0.300 e. The van der Waals surface area contributed by atoms with Crippen LogP contribution in [0.5, 0.6) is 0 Å². The molecule has 0 bridgehead atoms. The Morgan fingerprint density at radius 1 is 1.69 bits per heavy atom. The minimum Gasteiger partial charge on any atom is -0.384 e. The normalized spacial score (nSPS) is 10.1. The summed E-state index contributed by atoms with van der Waals surface area (Å²) in [6, 6.07) is 2.34. The van der Waals surface area contributed by atoms with Crippen LogP contribution in [0.25, 0.3) is 0 Å². The minimum atomic E-state index is -3.04. The third kappa shape index (κ3) is 2.20. The van der Waals surface area contributed by atoms with Gasteiger partial charge in [0.2, 0.25) is 0 Å². The Morgan fingerprint density at radius 2 is 2.31 bits per heavy atom. The van der Waals surface area contributed by atoms with Crippen molar-refractivity contribution >= 4 is 11.5 Å². The van der Waals surface area contributed by atoms with Crippen LogP contribution in [0.15, 0.2) is 6.07 Å². The molecule has 0 unspecified atom stereocenters. The molecule has 0 atom stereocenters. The van der Waals surface area contributed by atoms with E-state index in [2.05, 4.69) is 4.98 Å². The predicted octanol–water partition coefficient (Wildman–Crippen LogP) is 1.58. The average Bonchev–Trinajstić information content (AvgIpc) is 2.16. The first kappa shape index (κ1) is 11.8. The number of nitrogen functional groups attached to an aromatic ring is 1. The summed E-state index contributed by atoms with van der Waals surface area (Å²) in [5.41, 5.74) is 3.22. The van der Waals surface area contributed by atoms with Gasteiger partial charge < -0.3 is 5.73 Å². The molecule has 8 heteroatoms. The monoisotopic (exact) mass is 228 g/mol. The maximum absolute atomic E-state index is 12.5. The van der Waals surface area contributed by atoms with E-state index in [9.17, 15) is 18.9 Å². The number of pyridine rings is 1. The number of alkyl halides is 2. The largest absolute Gasteiger partial charge is 0.384 e. The van der Waals surface area contributed by atoms with Crippen molar-refractivity contribution in [3.63, 3.8) is 0 Å². The van der Waals surface area contributed by atoms with Crippen molar-refractivity contribution < 1.29 is 13.7 Å². The van der Waals surface area contributed by atoms with Gasteiger partial charge in [0, 0.05) is 0 Å². The van der Waals surface area contributed by atoms with Crippen molar-refractivity contribution in [3.05, 3.63) is 27.4 Å². The van der Waals surface area contributed by atoms with Gasteiger partial charge in [-0.1, -0.05) is 0 Å². The molecule has 6 nitrogen and oxygen atoms in total. The number of nitrogens with zero attached hydrogens (tertiary/aromatic N) is 3. The van der Waals surface area contributed by atoms with Crippen molar-refractivity contribution in [1.29, 1.82) is 5.26 Å². The van der Waals surface area contributed by atoms with Gasteiger partial charge in [0.1, 0.15) is 17.1 Å². The quantitative estimate of drug-likeness (QED) is 0.624. The van der Waals surface area contributed by atoms with Crippen LogP contribution >= 0.6 is 0 Å². The summed E-state index contributed by atoms with van der Waals surface area (Å²) >= 11 is 0. The lowest BCUT2D eigenvalue weighted by atomic mass is 10.1. The van der Waals surface area contributed by atoms with Gasteiger partial charge >= 0.3 is 5.69 Å². The lowest BCUT2D eigenvalue weighted by Gasteiger charge is -2.05. The van der Waals surface area contributed by atoms with E-state index in [0.29, 0.717) is 0 Å². The number of hydrogen-bond acceptors (Lipinski definition) is 5. The van der Waals surface area contributed by atoms with Crippen LogP contribution < -0.4 is 5.73 Å². The Balaban J connectivity index is 3.48. The minimum absolute atomic E-state index is 0.272. The Labute approximate surface area is 88.5 Å². The van der Waals surface area contributed by atoms with E-state index in [4.69, 9.17) is 11.0 Å². The Bertz CT molecular complexity index is 470. The molecule has 0 fully saturated rings. The smallest absolute Gasteiger partial charge is 0.300 e. The molecule has 0 aromatic carbocycles. The lowest BCUT2D eigenvalue weighted by molar-refractivity contribution is -0.387. The second-order valence-corrected chi connectivity index (χ2v) is 2.82. The number of nitriles is 1. The molecule has 16 heavy (non-hydrogen) atoms. The van der Waals surface area contributed by atoms with E-state index < -0.39 is 29.0 Å². The highest BCUT2D eigenvalue weighted by Crippen LogP contribution is 2.32. The van der Waals surface area contributed by atoms with Crippen molar-refractivity contribution in [2.75, 3.05) is 5.73 Å². The molecule has 0 aliphatic rings. The zero-order valence-electron chi connectivity index (χ0n) is 7.85. The van der Waals surface area contributed by atoms with E-state index in [1.807, 2.05) is 0 Å². The topological polar surface area (TPSA) is 106 Å². The van der Waals surface area contributed by atoms with E-state index in [1.54, 1.807) is 6.07 Å². The van der Waals surface area contributed by atoms with Crippen molar-refractivity contribution in [2.24, 2.45) is 0 Å². The molecule has 1 aromatic rings. The van der Waals surface area contributed by atoms with Crippen LogP contribution in [0, 0.1) is 21.4 Å². The van der Waals surface area contributed by atoms with Gasteiger partial charge in [-0.2, -0.15) is 5.26 Å². The first-order valence-corrected chi connectivity index (χ1v) is 4.06. The van der Waals surface area contributed by atoms with E-state index in [1.165, 1.54) is 0 Å². The maximum atomic E-state index is 12.5. The number of nitrogens with two attached hydrogens (primary N) is 1. The second-order valence-electron chi connectivity index (χ2n) is 2.82. The fraction of sp³-hybridized carbons (Fsp3) is 0.250. The molecule has 84 valence electrons. The highest BCUT2D eigenvalue weighted by Gasteiger charge is 2.27. The molecule has 0 aliphatic carbocycles. The molecular weight excluding hydrogens is 222 g/mol. The fourth-order valence-electron chi connectivity index (χ4n) is 1.21. The molecule has 0 amide bonds. The highest BCUT2D eigenvalue weighted by atomic mass is 19.3. The van der Waals surface area contributed by atoms with Gasteiger partial charge in [0.15, 0.2) is 0 Å². The van der Waals surface area contributed by atoms with Crippen LogP contribution in [0.2, 0.25) is 0 Å². The molecular formula is C8H6F2N4O2. The molecule has 1 aromatic heterocycles. The van der Waals surface area contributed by atoms with Gasteiger partial charge in [-0.05, 0) is 6.07 Å². The highest BCUT2D eigenvalue weighted by molar-refractivity contribution is 5.52. The molecule has 1 heterocycles. The van der Waals surface area contributed by atoms with Gasteiger partial charge in [0.25, 0.3) is 6.43 Å². The van der Waals surface area contributed by atoms with Crippen molar-refractivity contribution in [1.82, 2.24) is 4.98 Å². The summed E-state index contributed by atoms with van der Waals surface area (Å²) in [7, 11) is 0. The second kappa shape index (κ2) is 4.48. The van der Waals surface area contributed by atoms with Crippen LogP contribution in [0.4, 0.5) is 20.3 Å². The number of nitro groups is 1. The summed E-state index contributed by atoms with van der Waals surface area (Å²) in [6.45, 7) is 0. The fourth-order valence-corrected chi connectivity index (χ4v) is 1.21. The van der Waals surface area contributed by atoms with Crippen molar-refractivity contribution in [3.8, 4) is 6.07 Å². The number of hydrogen-bond donors (Lipinski definition) is 1. The zero-order chi connectivity index (χ0) is 12.3. The van der Waals surface area contributed by atoms with E-state index >= 15 is 0 Å². The summed E-state index contributed by atoms with van der Waals surface area (Å²) < 4.78 is 25.0. The van der Waals surface area contributed by atoms with E-state index in [0.717, 1.165) is 6.07 Å². The first-order chi connectivity index (χ1) is 7.47. The van der Waals surface area contributed by atoms with Crippen LogP contribution in [-0.4, -0.2) is 9.91 Å². The zero-order valence-corrected chi connectivity index (χ0v) is 7.85. The summed E-state index contributed by atoms with van der Waals surface area (Å²) in [5, 5.41) is 19.0. The lowest BCUT2D eigenvalue weighted by Crippen LogP contribution is -2.06. The summed E-state index contributed by atoms with van der Waals surface area (Å²) in [4.78, 5) is 13.1. The van der Waals surface area contributed by atoms with Gasteiger partial charge in [-0.3, -0.25) is 10.1 Å². The molecule has 0 radical (unpaired) electrons. The number of aromatic nitrogens is 1. The molecule has 1 rings (SSSR count). The predicted molar refractivity (Wildman–Crippen MR) is 49.6 cm³/mol. The first-order valence-electron chi connectivity index (χ1n) is 4.06. The third-order valence-electron chi connectivity index (χ3n) is 1.78. The van der Waals surface area contributed by atoms with Crippen LogP contribution in [0.3, 0.4) is 0 Å². The third-order valence-corrected chi connectivity index (χ3v) is 1.78. The standard InChI is InChI=1S/C8H6F2N4O2/c9-8(10)4-3-6(12)13-5(1-2-11)7(4)14(15)16/h3,8H,1H2,(H2,12,13). The number of rotatable bonds is 3. The number of halogens is 2. The van der Waals surface area contributed by atoms with Gasteiger partial charge in [-0.15, -0.1) is 0 Å². The number of anilines is 1. The molecule has 0 saturated carbocycles. The Kier molecular flexibility index (Phi) is 3.30. The SMILES string of the molecule is N#CCc1nc(N)cc(C(F)F)c1[N+](=O)[O-]. The molecule has 0 spiro atoms. The molecule has 0 saturated heterocycles. The van der Waals surface area contributed by atoms with Crippen LogP contribution in [-0.2, 0) is 6.42 Å². The Morgan fingerprint density at radius 3 is 2.75 bits per heavy atom. The molecule has 2 N–H and O–H groups in total. The van der Waals surface area contributed by atoms with Crippen LogP contribution in [0.1, 0.15) is 17.7 Å². The average molecular weight is 228 g/mol. The van der Waals surface area contributed by atoms with Gasteiger partial charge in [0.05, 0.1) is 17.4 Å². The Hall–Kier alpha value is -2.30.